The number of rotatable bonds is 3. The van der Waals surface area contributed by atoms with Gasteiger partial charge in [-0.25, -0.2) is 0 Å². The number of nitrogens with zero attached hydrogens (tertiary/aromatic N) is 3. The van der Waals surface area contributed by atoms with Crippen molar-refractivity contribution in [2.75, 3.05) is 51.3 Å². The van der Waals surface area contributed by atoms with Crippen LogP contribution in [-0.2, 0) is 17.5 Å². The summed E-state index contributed by atoms with van der Waals surface area (Å²) in [4.78, 5) is 8.34. The van der Waals surface area contributed by atoms with Gasteiger partial charge in [-0.05, 0) is 36.5 Å². The maximum absolute atomic E-state index is 13.7. The predicted molar refractivity (Wildman–Crippen MR) is 120 cm³/mol. The highest BCUT2D eigenvalue weighted by Gasteiger charge is 2.34. The quantitative estimate of drug-likeness (QED) is 0.368. The van der Waals surface area contributed by atoms with Crippen LogP contribution in [0.4, 0.5) is 18.9 Å². The van der Waals surface area contributed by atoms with E-state index in [9.17, 15) is 13.2 Å². The Kier molecular flexibility index (Phi) is 8.87. The number of anilines is 1. The fourth-order valence-corrected chi connectivity index (χ4v) is 3.89. The van der Waals surface area contributed by atoms with E-state index in [0.717, 1.165) is 19.5 Å². The standard InChI is InChI=1S/C20H29F3N4O.HI/c1-15-4-3-7-27(14-15)19(24-2)25-13-16-5-6-17(12-18(16)20(21,22)23)26-8-10-28-11-9-26;/h5-6,12,15H,3-4,7-11,13-14H2,1-2H3,(H,24,25);1H. The molecule has 5 nitrogen and oxygen atoms in total. The van der Waals surface area contributed by atoms with E-state index in [-0.39, 0.29) is 36.1 Å². The van der Waals surface area contributed by atoms with Crippen LogP contribution >= 0.6 is 24.0 Å². The molecule has 0 amide bonds. The van der Waals surface area contributed by atoms with Crippen LogP contribution in [0.25, 0.3) is 0 Å². The number of likely N-dealkylation sites (tertiary alicyclic amines) is 1. The average molecular weight is 526 g/mol. The van der Waals surface area contributed by atoms with Crippen LogP contribution in [0.5, 0.6) is 0 Å². The molecule has 2 saturated heterocycles. The molecular weight excluding hydrogens is 496 g/mol. The Bertz CT molecular complexity index is 693. The van der Waals surface area contributed by atoms with Crippen molar-refractivity contribution in [3.8, 4) is 0 Å². The summed E-state index contributed by atoms with van der Waals surface area (Å²) >= 11 is 0. The van der Waals surface area contributed by atoms with Gasteiger partial charge < -0.3 is 19.9 Å². The minimum absolute atomic E-state index is 0. The van der Waals surface area contributed by atoms with E-state index in [4.69, 9.17) is 4.74 Å². The van der Waals surface area contributed by atoms with Gasteiger partial charge in [-0.15, -0.1) is 24.0 Å². The van der Waals surface area contributed by atoms with Crippen LogP contribution in [0, 0.1) is 5.92 Å². The summed E-state index contributed by atoms with van der Waals surface area (Å²) in [6, 6.07) is 4.60. The van der Waals surface area contributed by atoms with E-state index in [1.54, 1.807) is 19.2 Å². The van der Waals surface area contributed by atoms with Crippen LogP contribution in [-0.4, -0.2) is 57.3 Å². The van der Waals surface area contributed by atoms with Gasteiger partial charge in [0.2, 0.25) is 0 Å². The molecule has 1 aromatic carbocycles. The summed E-state index contributed by atoms with van der Waals surface area (Å²) in [5.41, 5.74) is 0.232. The zero-order chi connectivity index (χ0) is 20.1. The topological polar surface area (TPSA) is 40.1 Å². The van der Waals surface area contributed by atoms with Gasteiger partial charge in [-0.3, -0.25) is 4.99 Å². The predicted octanol–water partition coefficient (Wildman–Crippen LogP) is 3.97. The molecule has 2 aliphatic rings. The largest absolute Gasteiger partial charge is 0.416 e. The van der Waals surface area contributed by atoms with Crippen LogP contribution in [0.2, 0.25) is 0 Å². The summed E-state index contributed by atoms with van der Waals surface area (Å²) in [7, 11) is 1.67. The highest BCUT2D eigenvalue weighted by molar-refractivity contribution is 14.0. The molecule has 1 atom stereocenters. The lowest BCUT2D eigenvalue weighted by molar-refractivity contribution is -0.138. The molecule has 2 aliphatic heterocycles. The molecule has 0 bridgehead atoms. The van der Waals surface area contributed by atoms with Crippen LogP contribution < -0.4 is 10.2 Å². The zero-order valence-corrected chi connectivity index (χ0v) is 19.3. The molecule has 0 spiro atoms. The zero-order valence-electron chi connectivity index (χ0n) is 17.0. The molecular formula is C20H30F3IN4O. The third-order valence-electron chi connectivity index (χ3n) is 5.38. The summed E-state index contributed by atoms with van der Waals surface area (Å²) in [6.07, 6.45) is -2.15. The van der Waals surface area contributed by atoms with Crippen molar-refractivity contribution < 1.29 is 17.9 Å². The van der Waals surface area contributed by atoms with Crippen molar-refractivity contribution in [2.24, 2.45) is 10.9 Å². The van der Waals surface area contributed by atoms with Gasteiger partial charge in [0.05, 0.1) is 18.8 Å². The molecule has 0 aromatic heterocycles. The monoisotopic (exact) mass is 526 g/mol. The smallest absolute Gasteiger partial charge is 0.378 e. The SMILES string of the molecule is CN=C(NCc1ccc(N2CCOCC2)cc1C(F)(F)F)N1CCCC(C)C1.I. The molecule has 1 N–H and O–H groups in total. The Balaban J connectivity index is 0.00000300. The molecule has 1 aromatic rings. The number of ether oxygens (including phenoxy) is 1. The minimum Gasteiger partial charge on any atom is -0.378 e. The van der Waals surface area contributed by atoms with E-state index >= 15 is 0 Å². The first-order valence-electron chi connectivity index (χ1n) is 9.87. The highest BCUT2D eigenvalue weighted by Crippen LogP contribution is 2.35. The van der Waals surface area contributed by atoms with Gasteiger partial charge in [-0.1, -0.05) is 13.0 Å². The number of hydrogen-bond acceptors (Lipinski definition) is 3. The second kappa shape index (κ2) is 10.7. The fourth-order valence-electron chi connectivity index (χ4n) is 3.89. The van der Waals surface area contributed by atoms with Crippen LogP contribution in [0.15, 0.2) is 23.2 Å². The van der Waals surface area contributed by atoms with Gasteiger partial charge in [-0.2, -0.15) is 13.2 Å². The van der Waals surface area contributed by atoms with Crippen molar-refractivity contribution in [3.63, 3.8) is 0 Å². The number of guanidine groups is 1. The van der Waals surface area contributed by atoms with Gasteiger partial charge in [0.25, 0.3) is 0 Å². The Morgan fingerprint density at radius 1 is 1.24 bits per heavy atom. The Morgan fingerprint density at radius 3 is 2.59 bits per heavy atom. The highest BCUT2D eigenvalue weighted by atomic mass is 127. The summed E-state index contributed by atoms with van der Waals surface area (Å²) in [6.45, 7) is 6.32. The van der Waals surface area contributed by atoms with Gasteiger partial charge in [0, 0.05) is 45.5 Å². The molecule has 0 radical (unpaired) electrons. The molecule has 29 heavy (non-hydrogen) atoms. The number of morpholine rings is 1. The summed E-state index contributed by atoms with van der Waals surface area (Å²) < 4.78 is 46.4. The van der Waals surface area contributed by atoms with Crippen molar-refractivity contribution in [1.82, 2.24) is 10.2 Å². The number of hydrogen-bond donors (Lipinski definition) is 1. The Hall–Kier alpha value is -1.23. The first-order chi connectivity index (χ1) is 13.4. The molecule has 2 fully saturated rings. The number of benzene rings is 1. The molecule has 9 heteroatoms. The second-order valence-corrected chi connectivity index (χ2v) is 7.53. The van der Waals surface area contributed by atoms with Crippen LogP contribution in [0.3, 0.4) is 0 Å². The molecule has 0 aliphatic carbocycles. The van der Waals surface area contributed by atoms with E-state index in [0.29, 0.717) is 43.9 Å². The van der Waals surface area contributed by atoms with E-state index < -0.39 is 11.7 Å². The normalized spacial score (nSPS) is 21.0. The fraction of sp³-hybridized carbons (Fsp3) is 0.650. The van der Waals surface area contributed by atoms with Crippen molar-refractivity contribution in [3.05, 3.63) is 29.3 Å². The summed E-state index contributed by atoms with van der Waals surface area (Å²) in [5.74, 6) is 1.22. The lowest BCUT2D eigenvalue weighted by Gasteiger charge is -2.33. The Labute approximate surface area is 187 Å². The van der Waals surface area contributed by atoms with Gasteiger partial charge in [0.15, 0.2) is 5.96 Å². The lowest BCUT2D eigenvalue weighted by Crippen LogP contribution is -2.46. The second-order valence-electron chi connectivity index (χ2n) is 7.53. The molecule has 0 saturated carbocycles. The maximum atomic E-state index is 13.7. The Morgan fingerprint density at radius 2 is 1.97 bits per heavy atom. The maximum Gasteiger partial charge on any atom is 0.416 e. The number of nitrogens with one attached hydrogen (secondary N) is 1. The first-order valence-corrected chi connectivity index (χ1v) is 9.87. The number of halogens is 4. The van der Waals surface area contributed by atoms with Crippen molar-refractivity contribution in [1.29, 1.82) is 0 Å². The molecule has 1 unspecified atom stereocenters. The minimum atomic E-state index is -4.40. The van der Waals surface area contributed by atoms with Gasteiger partial charge >= 0.3 is 6.18 Å². The lowest BCUT2D eigenvalue weighted by atomic mass is 10.0. The number of aliphatic imine (C=N–C) groups is 1. The molecule has 3 rings (SSSR count). The van der Waals surface area contributed by atoms with E-state index in [1.807, 2.05) is 4.90 Å². The third-order valence-corrected chi connectivity index (χ3v) is 5.38. The number of piperidine rings is 1. The van der Waals surface area contributed by atoms with Crippen LogP contribution in [0.1, 0.15) is 30.9 Å². The third kappa shape index (κ3) is 6.37. The van der Waals surface area contributed by atoms with Gasteiger partial charge in [0.1, 0.15) is 0 Å². The van der Waals surface area contributed by atoms with Crippen molar-refractivity contribution >= 4 is 35.6 Å². The number of alkyl halides is 3. The van der Waals surface area contributed by atoms with E-state index in [2.05, 4.69) is 22.1 Å². The molecule has 164 valence electrons. The first kappa shape index (κ1) is 24.0. The average Bonchev–Trinajstić information content (AvgIpc) is 2.68. The summed E-state index contributed by atoms with van der Waals surface area (Å²) in [5, 5.41) is 3.13. The van der Waals surface area contributed by atoms with Crippen molar-refractivity contribution in [2.45, 2.75) is 32.5 Å². The van der Waals surface area contributed by atoms with E-state index in [1.165, 1.54) is 12.5 Å². The molecule has 2 heterocycles.